The van der Waals surface area contributed by atoms with E-state index < -0.39 is 56.3 Å². The average molecular weight is 414 g/mol. The molecule has 0 saturated heterocycles. The standard InChI is InChI=1S/C21H25ClO6/c1-28-14-5-2-11(3-6-14)8-13-9-12(4-7-16(13)22)17-18(24)15(10-23)19(25)21(27)20(17)26/h2-7,9,15,17-21,23-27H,8,10H2,1H3/t15-,17+,18-,19+,20-,21-/m0/s1/i1D3,8D2. The van der Waals surface area contributed by atoms with Gasteiger partial charge in [-0.15, -0.1) is 0 Å². The van der Waals surface area contributed by atoms with E-state index in [0.29, 0.717) is 0 Å². The third-order valence-corrected chi connectivity index (χ3v) is 5.48. The predicted octanol–water partition coefficient (Wildman–Crippen LogP) is 1.09. The van der Waals surface area contributed by atoms with Crippen molar-refractivity contribution in [3.63, 3.8) is 0 Å². The molecule has 0 radical (unpaired) electrons. The Balaban J connectivity index is 1.98. The molecule has 152 valence electrons. The molecule has 1 saturated carbocycles. The minimum atomic E-state index is -2.65. The summed E-state index contributed by atoms with van der Waals surface area (Å²) >= 11 is 6.28. The quantitative estimate of drug-likeness (QED) is 0.502. The van der Waals surface area contributed by atoms with E-state index in [2.05, 4.69) is 0 Å². The van der Waals surface area contributed by atoms with Gasteiger partial charge in [0.2, 0.25) is 0 Å². The fraction of sp³-hybridized carbons (Fsp3) is 0.429. The molecular weight excluding hydrogens is 384 g/mol. The number of halogens is 1. The first-order valence-corrected chi connectivity index (χ1v) is 9.08. The molecule has 6 atom stereocenters. The first-order valence-electron chi connectivity index (χ1n) is 11.2. The molecule has 0 spiro atoms. The maximum absolute atomic E-state index is 10.7. The largest absolute Gasteiger partial charge is 0.497 e. The fourth-order valence-electron chi connectivity index (χ4n) is 3.56. The zero-order chi connectivity index (χ0) is 24.7. The Morgan fingerprint density at radius 2 is 1.71 bits per heavy atom. The molecule has 0 heterocycles. The number of aliphatic hydroxyl groups excluding tert-OH is 5. The van der Waals surface area contributed by atoms with E-state index in [9.17, 15) is 25.5 Å². The van der Waals surface area contributed by atoms with Gasteiger partial charge in [-0.25, -0.2) is 0 Å². The van der Waals surface area contributed by atoms with Crippen molar-refractivity contribution in [2.75, 3.05) is 13.6 Å². The molecule has 2 aromatic carbocycles. The zero-order valence-electron chi connectivity index (χ0n) is 19.7. The molecule has 0 aromatic heterocycles. The van der Waals surface area contributed by atoms with Crippen molar-refractivity contribution in [1.29, 1.82) is 0 Å². The summed E-state index contributed by atoms with van der Waals surface area (Å²) in [7, 11) is -2.65. The fourth-order valence-corrected chi connectivity index (χ4v) is 3.72. The smallest absolute Gasteiger partial charge is 0.118 e. The van der Waals surface area contributed by atoms with E-state index in [0.717, 1.165) is 0 Å². The van der Waals surface area contributed by atoms with Gasteiger partial charge in [0.25, 0.3) is 0 Å². The van der Waals surface area contributed by atoms with E-state index in [1.165, 1.54) is 42.5 Å². The van der Waals surface area contributed by atoms with Crippen LogP contribution in [0.5, 0.6) is 5.75 Å². The molecule has 5 N–H and O–H groups in total. The summed E-state index contributed by atoms with van der Waals surface area (Å²) in [4.78, 5) is 0. The number of benzene rings is 2. The van der Waals surface area contributed by atoms with Crippen molar-refractivity contribution in [3.8, 4) is 5.75 Å². The van der Waals surface area contributed by atoms with Crippen LogP contribution in [-0.2, 0) is 6.37 Å². The van der Waals surface area contributed by atoms with Crippen molar-refractivity contribution in [2.24, 2.45) is 5.92 Å². The Labute approximate surface area is 175 Å². The van der Waals surface area contributed by atoms with Crippen molar-refractivity contribution in [1.82, 2.24) is 0 Å². The van der Waals surface area contributed by atoms with Gasteiger partial charge in [-0.2, -0.15) is 0 Å². The number of aliphatic hydroxyl groups is 5. The number of ether oxygens (including phenoxy) is 1. The van der Waals surface area contributed by atoms with E-state index in [1.807, 2.05) is 0 Å². The van der Waals surface area contributed by atoms with Crippen LogP contribution in [0.1, 0.15) is 29.5 Å². The third kappa shape index (κ3) is 4.03. The van der Waals surface area contributed by atoms with Crippen LogP contribution in [0.25, 0.3) is 0 Å². The summed E-state index contributed by atoms with van der Waals surface area (Å²) in [6.45, 7) is -0.630. The summed E-state index contributed by atoms with van der Waals surface area (Å²) in [6.07, 6.45) is -8.32. The lowest BCUT2D eigenvalue weighted by molar-refractivity contribution is -0.169. The first kappa shape index (κ1) is 15.2. The van der Waals surface area contributed by atoms with Gasteiger partial charge in [0.15, 0.2) is 0 Å². The minimum Gasteiger partial charge on any atom is -0.497 e. The molecule has 0 unspecified atom stereocenters. The maximum Gasteiger partial charge on any atom is 0.118 e. The molecule has 2 aromatic rings. The maximum atomic E-state index is 10.7. The monoisotopic (exact) mass is 413 g/mol. The van der Waals surface area contributed by atoms with Gasteiger partial charge >= 0.3 is 0 Å². The zero-order valence-corrected chi connectivity index (χ0v) is 15.5. The third-order valence-electron chi connectivity index (χ3n) is 5.15. The lowest BCUT2D eigenvalue weighted by Crippen LogP contribution is -2.58. The molecule has 3 rings (SSSR count). The van der Waals surface area contributed by atoms with Gasteiger partial charge in [-0.3, -0.25) is 0 Å². The van der Waals surface area contributed by atoms with Gasteiger partial charge in [0.1, 0.15) is 11.9 Å². The van der Waals surface area contributed by atoms with E-state index >= 15 is 0 Å². The van der Waals surface area contributed by atoms with Gasteiger partial charge in [-0.1, -0.05) is 35.9 Å². The second-order valence-corrected chi connectivity index (χ2v) is 7.23. The van der Waals surface area contributed by atoms with Crippen LogP contribution in [0.4, 0.5) is 0 Å². The van der Waals surface area contributed by atoms with Crippen LogP contribution >= 0.6 is 11.6 Å². The topological polar surface area (TPSA) is 110 Å². The second kappa shape index (κ2) is 8.78. The highest BCUT2D eigenvalue weighted by Crippen LogP contribution is 2.38. The molecule has 1 aliphatic carbocycles. The van der Waals surface area contributed by atoms with Crippen molar-refractivity contribution in [2.45, 2.75) is 36.7 Å². The molecule has 0 aliphatic heterocycles. The second-order valence-electron chi connectivity index (χ2n) is 6.83. The van der Waals surface area contributed by atoms with Gasteiger partial charge in [-0.05, 0) is 41.3 Å². The van der Waals surface area contributed by atoms with E-state index in [-0.39, 0.29) is 27.5 Å². The van der Waals surface area contributed by atoms with E-state index in [4.69, 9.17) is 23.2 Å². The lowest BCUT2D eigenvalue weighted by atomic mass is 9.70. The summed E-state index contributed by atoms with van der Waals surface area (Å²) in [5.41, 5.74) is 0.407. The van der Waals surface area contributed by atoms with Gasteiger partial charge in [0.05, 0.1) is 36.1 Å². The molecule has 1 fully saturated rings. The molecule has 7 heteroatoms. The van der Waals surface area contributed by atoms with E-state index in [1.54, 1.807) is 0 Å². The Morgan fingerprint density at radius 1 is 1.00 bits per heavy atom. The predicted molar refractivity (Wildman–Crippen MR) is 105 cm³/mol. The van der Waals surface area contributed by atoms with Crippen LogP contribution in [0.2, 0.25) is 5.02 Å². The summed E-state index contributed by atoms with van der Waals surface area (Å²) in [5, 5.41) is 51.0. The van der Waals surface area contributed by atoms with Crippen LogP contribution in [-0.4, -0.2) is 63.6 Å². The van der Waals surface area contributed by atoms with Crippen LogP contribution in [0.15, 0.2) is 42.5 Å². The van der Waals surface area contributed by atoms with Crippen molar-refractivity contribution < 1.29 is 37.1 Å². The summed E-state index contributed by atoms with van der Waals surface area (Å²) in [6, 6.07) is 9.55. The number of methoxy groups -OCH3 is 1. The molecule has 1 aliphatic rings. The number of hydrogen-bond acceptors (Lipinski definition) is 6. The normalized spacial score (nSPS) is 33.9. The lowest BCUT2D eigenvalue weighted by Gasteiger charge is -2.43. The molecule has 0 amide bonds. The van der Waals surface area contributed by atoms with Gasteiger partial charge in [0, 0.05) is 19.6 Å². The Kier molecular flexibility index (Phi) is 4.77. The highest BCUT2D eigenvalue weighted by atomic mass is 35.5. The Morgan fingerprint density at radius 3 is 2.36 bits per heavy atom. The van der Waals surface area contributed by atoms with Crippen LogP contribution < -0.4 is 4.74 Å². The number of hydrogen-bond donors (Lipinski definition) is 5. The van der Waals surface area contributed by atoms with Crippen LogP contribution in [0, 0.1) is 5.92 Å². The molecule has 0 bridgehead atoms. The first-order chi connectivity index (χ1) is 15.3. The van der Waals surface area contributed by atoms with Crippen molar-refractivity contribution >= 4 is 11.6 Å². The van der Waals surface area contributed by atoms with Gasteiger partial charge < -0.3 is 30.3 Å². The SMILES string of the molecule is [2H]C([2H])([2H])Oc1ccc(C([2H])([2H])c2cc([C@H]3[C@H](O)[C@@H](O)[C@H](O)[C@@H](CO)[C@@H]3O)ccc2Cl)cc1. The Hall–Kier alpha value is -1.67. The number of rotatable bonds is 5. The molecule has 28 heavy (non-hydrogen) atoms. The highest BCUT2D eigenvalue weighted by molar-refractivity contribution is 6.31. The molecule has 6 nitrogen and oxygen atoms in total. The summed E-state index contributed by atoms with van der Waals surface area (Å²) < 4.78 is 43.5. The van der Waals surface area contributed by atoms with Crippen LogP contribution in [0.3, 0.4) is 0 Å². The van der Waals surface area contributed by atoms with Crippen molar-refractivity contribution in [3.05, 3.63) is 64.2 Å². The summed E-state index contributed by atoms with van der Waals surface area (Å²) in [5.74, 6) is -2.21. The highest BCUT2D eigenvalue weighted by Gasteiger charge is 2.48. The molecular formula is C21H25ClO6. The Bertz CT molecular complexity index is 971. The average Bonchev–Trinajstić information content (AvgIpc) is 2.73. The minimum absolute atomic E-state index is 0.00622.